The van der Waals surface area contributed by atoms with Crippen LogP contribution in [0.3, 0.4) is 0 Å². The molecule has 23 heavy (non-hydrogen) atoms. The van der Waals surface area contributed by atoms with E-state index in [4.69, 9.17) is 0 Å². The maximum atomic E-state index is 12.9. The fourth-order valence-corrected chi connectivity index (χ4v) is 4.09. The number of piperidine rings is 1. The molecule has 1 aromatic heterocycles. The monoisotopic (exact) mass is 319 g/mol. The second kappa shape index (κ2) is 6.68. The van der Waals surface area contributed by atoms with Crippen LogP contribution < -0.4 is 10.6 Å². The first-order chi connectivity index (χ1) is 10.6. The molecule has 0 saturated carbocycles. The van der Waals surface area contributed by atoms with E-state index in [1.807, 2.05) is 29.1 Å². The highest BCUT2D eigenvalue weighted by Crippen LogP contribution is 2.29. The SMILES string of the molecule is CC(C)C[C@H](C(=O)NC1CC(C)(C)NC(C)(C)C1)n1cccc1. The van der Waals surface area contributed by atoms with Crippen LogP contribution in [0, 0.1) is 5.92 Å². The molecular formula is C19H33N3O. The highest BCUT2D eigenvalue weighted by Gasteiger charge is 2.38. The molecule has 2 heterocycles. The van der Waals surface area contributed by atoms with Crippen LogP contribution in [0.4, 0.5) is 0 Å². The van der Waals surface area contributed by atoms with Gasteiger partial charge in [0.1, 0.15) is 6.04 Å². The van der Waals surface area contributed by atoms with Crippen LogP contribution in [-0.4, -0.2) is 27.6 Å². The minimum Gasteiger partial charge on any atom is -0.351 e. The van der Waals surface area contributed by atoms with Gasteiger partial charge in [-0.05, 0) is 65.0 Å². The molecule has 1 aliphatic heterocycles. The lowest BCUT2D eigenvalue weighted by atomic mass is 9.79. The molecule has 1 aromatic rings. The van der Waals surface area contributed by atoms with E-state index in [2.05, 4.69) is 52.2 Å². The third kappa shape index (κ3) is 5.10. The van der Waals surface area contributed by atoms with Crippen LogP contribution in [0.25, 0.3) is 0 Å². The van der Waals surface area contributed by atoms with E-state index in [1.54, 1.807) is 0 Å². The summed E-state index contributed by atoms with van der Waals surface area (Å²) in [5.41, 5.74) is 0.0847. The standard InChI is InChI=1S/C19H33N3O/c1-14(2)11-16(22-9-7-8-10-22)17(23)20-15-12-18(3,4)21-19(5,6)13-15/h7-10,14-16,21H,11-13H2,1-6H3,(H,20,23)/t16-/m1/s1. The summed E-state index contributed by atoms with van der Waals surface area (Å²) in [6.07, 6.45) is 6.76. The zero-order valence-electron chi connectivity index (χ0n) is 15.5. The molecule has 1 saturated heterocycles. The third-order valence-electron chi connectivity index (χ3n) is 4.52. The summed E-state index contributed by atoms with van der Waals surface area (Å²) >= 11 is 0. The molecule has 2 N–H and O–H groups in total. The van der Waals surface area contributed by atoms with Gasteiger partial charge in [-0.25, -0.2) is 0 Å². The van der Waals surface area contributed by atoms with Gasteiger partial charge in [-0.3, -0.25) is 4.79 Å². The summed E-state index contributed by atoms with van der Waals surface area (Å²) in [5.74, 6) is 0.627. The summed E-state index contributed by atoms with van der Waals surface area (Å²) < 4.78 is 2.03. The van der Waals surface area contributed by atoms with Crippen molar-refractivity contribution in [2.75, 3.05) is 0 Å². The third-order valence-corrected chi connectivity index (χ3v) is 4.52. The molecule has 0 unspecified atom stereocenters. The van der Waals surface area contributed by atoms with Gasteiger partial charge in [0.15, 0.2) is 0 Å². The minimum atomic E-state index is -0.119. The van der Waals surface area contributed by atoms with Crippen molar-refractivity contribution < 1.29 is 4.79 Å². The lowest BCUT2D eigenvalue weighted by molar-refractivity contribution is -0.126. The van der Waals surface area contributed by atoms with Crippen LogP contribution in [0.1, 0.15) is 66.8 Å². The van der Waals surface area contributed by atoms with Gasteiger partial charge in [-0.15, -0.1) is 0 Å². The highest BCUT2D eigenvalue weighted by molar-refractivity contribution is 5.80. The van der Waals surface area contributed by atoms with E-state index >= 15 is 0 Å². The molecule has 0 radical (unpaired) electrons. The number of hydrogen-bond donors (Lipinski definition) is 2. The molecule has 0 aromatic carbocycles. The molecule has 1 amide bonds. The average molecular weight is 319 g/mol. The maximum absolute atomic E-state index is 12.9. The number of hydrogen-bond acceptors (Lipinski definition) is 2. The second-order valence-corrected chi connectivity index (χ2v) is 8.78. The van der Waals surface area contributed by atoms with Gasteiger partial charge in [0.05, 0.1) is 0 Å². The van der Waals surface area contributed by atoms with Gasteiger partial charge < -0.3 is 15.2 Å². The number of carbonyl (C=O) groups is 1. The van der Waals surface area contributed by atoms with Crippen molar-refractivity contribution in [2.24, 2.45) is 5.92 Å². The van der Waals surface area contributed by atoms with Crippen molar-refractivity contribution in [1.29, 1.82) is 0 Å². The number of nitrogens with zero attached hydrogens (tertiary/aromatic N) is 1. The molecule has 1 aliphatic rings. The van der Waals surface area contributed by atoms with Crippen LogP contribution in [0.2, 0.25) is 0 Å². The molecule has 4 heteroatoms. The Labute approximate surface area is 141 Å². The van der Waals surface area contributed by atoms with E-state index < -0.39 is 0 Å². The Bertz CT molecular complexity index is 501. The Morgan fingerprint density at radius 2 is 1.70 bits per heavy atom. The normalized spacial score (nSPS) is 22.0. The van der Waals surface area contributed by atoms with Crippen molar-refractivity contribution in [3.8, 4) is 0 Å². The summed E-state index contributed by atoms with van der Waals surface area (Å²) in [6.45, 7) is 13.2. The number of rotatable bonds is 5. The van der Waals surface area contributed by atoms with Crippen molar-refractivity contribution in [3.05, 3.63) is 24.5 Å². The molecule has 1 fully saturated rings. The number of nitrogens with one attached hydrogen (secondary N) is 2. The average Bonchev–Trinajstić information content (AvgIpc) is 2.84. The molecule has 2 rings (SSSR count). The highest BCUT2D eigenvalue weighted by atomic mass is 16.2. The first kappa shape index (κ1) is 18.1. The van der Waals surface area contributed by atoms with Crippen molar-refractivity contribution in [1.82, 2.24) is 15.2 Å². The first-order valence-corrected chi connectivity index (χ1v) is 8.80. The van der Waals surface area contributed by atoms with Gasteiger partial charge in [0.25, 0.3) is 0 Å². The molecule has 1 atom stereocenters. The van der Waals surface area contributed by atoms with Crippen LogP contribution in [0.5, 0.6) is 0 Å². The molecule has 0 aliphatic carbocycles. The first-order valence-electron chi connectivity index (χ1n) is 8.80. The summed E-state index contributed by atoms with van der Waals surface area (Å²) in [7, 11) is 0. The quantitative estimate of drug-likeness (QED) is 0.872. The number of amides is 1. The summed E-state index contributed by atoms with van der Waals surface area (Å²) in [5, 5.41) is 6.99. The molecule has 0 spiro atoms. The molecule has 4 nitrogen and oxygen atoms in total. The largest absolute Gasteiger partial charge is 0.351 e. The Balaban J connectivity index is 2.09. The Kier molecular flexibility index (Phi) is 5.24. The van der Waals surface area contributed by atoms with Gasteiger partial charge in [0, 0.05) is 29.5 Å². The van der Waals surface area contributed by atoms with Gasteiger partial charge in [0.2, 0.25) is 5.91 Å². The fourth-order valence-electron chi connectivity index (χ4n) is 4.09. The Hall–Kier alpha value is -1.29. The van der Waals surface area contributed by atoms with E-state index in [-0.39, 0.29) is 29.1 Å². The molecule has 0 bridgehead atoms. The van der Waals surface area contributed by atoms with Crippen molar-refractivity contribution in [3.63, 3.8) is 0 Å². The summed E-state index contributed by atoms with van der Waals surface area (Å²) in [6, 6.07) is 4.07. The van der Waals surface area contributed by atoms with Gasteiger partial charge >= 0.3 is 0 Å². The van der Waals surface area contributed by atoms with E-state index in [9.17, 15) is 4.79 Å². The number of aromatic nitrogens is 1. The second-order valence-electron chi connectivity index (χ2n) is 8.78. The lowest BCUT2D eigenvalue weighted by Gasteiger charge is -2.46. The smallest absolute Gasteiger partial charge is 0.243 e. The zero-order chi connectivity index (χ0) is 17.3. The van der Waals surface area contributed by atoms with E-state index in [0.29, 0.717) is 5.92 Å². The number of carbonyl (C=O) groups excluding carboxylic acids is 1. The van der Waals surface area contributed by atoms with Crippen molar-refractivity contribution in [2.45, 2.75) is 84.0 Å². The van der Waals surface area contributed by atoms with Crippen molar-refractivity contribution >= 4 is 5.91 Å². The predicted molar refractivity (Wildman–Crippen MR) is 95.4 cm³/mol. The maximum Gasteiger partial charge on any atom is 0.243 e. The van der Waals surface area contributed by atoms with Gasteiger partial charge in [-0.1, -0.05) is 13.8 Å². The predicted octanol–water partition coefficient (Wildman–Crippen LogP) is 3.50. The van der Waals surface area contributed by atoms with Crippen LogP contribution in [-0.2, 0) is 4.79 Å². The van der Waals surface area contributed by atoms with Gasteiger partial charge in [-0.2, -0.15) is 0 Å². The topological polar surface area (TPSA) is 46.1 Å². The minimum absolute atomic E-state index is 0.0424. The molecule has 130 valence electrons. The van der Waals surface area contributed by atoms with E-state index in [1.165, 1.54) is 0 Å². The summed E-state index contributed by atoms with van der Waals surface area (Å²) in [4.78, 5) is 12.9. The fraction of sp³-hybridized carbons (Fsp3) is 0.737. The lowest BCUT2D eigenvalue weighted by Crippen LogP contribution is -2.62. The molecular weight excluding hydrogens is 286 g/mol. The van der Waals surface area contributed by atoms with Crippen LogP contribution in [0.15, 0.2) is 24.5 Å². The zero-order valence-corrected chi connectivity index (χ0v) is 15.5. The Morgan fingerprint density at radius 3 is 2.17 bits per heavy atom. The Morgan fingerprint density at radius 1 is 1.17 bits per heavy atom. The van der Waals surface area contributed by atoms with Crippen LogP contribution >= 0.6 is 0 Å². The van der Waals surface area contributed by atoms with E-state index in [0.717, 1.165) is 19.3 Å².